The van der Waals surface area contributed by atoms with Gasteiger partial charge in [0.05, 0.1) is 26.4 Å². The summed E-state index contributed by atoms with van der Waals surface area (Å²) in [6.45, 7) is 14.1. The van der Waals surface area contributed by atoms with E-state index in [1.165, 1.54) is 154 Å². The molecule has 3 N–H and O–H groups in total. The first kappa shape index (κ1) is 90.1. The Balaban J connectivity index is 5.15. The quantitative estimate of drug-likeness (QED) is 0.0222. The Hall–Kier alpha value is -1.94. The third-order valence-electron chi connectivity index (χ3n) is 17.5. The van der Waals surface area contributed by atoms with Gasteiger partial charge in [-0.05, 0) is 49.4 Å². The summed E-state index contributed by atoms with van der Waals surface area (Å²) in [6.07, 6.45) is 46.2. The number of carbonyl (C=O) groups is 4. The van der Waals surface area contributed by atoms with E-state index in [0.717, 1.165) is 120 Å². The number of esters is 4. The highest BCUT2D eigenvalue weighted by Gasteiger charge is 2.30. The number of hydrogen-bond donors (Lipinski definition) is 3. The van der Waals surface area contributed by atoms with E-state index in [2.05, 4.69) is 55.4 Å². The summed E-state index contributed by atoms with van der Waals surface area (Å²) in [5.74, 6) is 0.868. The minimum absolute atomic E-state index is 0.103. The van der Waals surface area contributed by atoms with Gasteiger partial charge in [-0.3, -0.25) is 37.3 Å². The Kier molecular flexibility index (Phi) is 61.3. The van der Waals surface area contributed by atoms with E-state index in [0.29, 0.717) is 31.6 Å². The van der Waals surface area contributed by atoms with E-state index >= 15 is 0 Å². The Morgan fingerprint density at radius 1 is 0.304 bits per heavy atom. The monoisotopic (exact) mass is 1350 g/mol. The van der Waals surface area contributed by atoms with Crippen molar-refractivity contribution < 1.29 is 80.2 Å². The summed E-state index contributed by atoms with van der Waals surface area (Å²) >= 11 is 0. The van der Waals surface area contributed by atoms with Gasteiger partial charge in [-0.2, -0.15) is 0 Å². The third kappa shape index (κ3) is 64.1. The molecular formula is C73H142O17P2. The first-order valence-electron chi connectivity index (χ1n) is 37.8. The van der Waals surface area contributed by atoms with Gasteiger partial charge in [0.1, 0.15) is 19.3 Å². The summed E-state index contributed by atoms with van der Waals surface area (Å²) in [5.41, 5.74) is 0. The number of aliphatic hydroxyl groups excluding tert-OH is 1. The predicted molar refractivity (Wildman–Crippen MR) is 372 cm³/mol. The summed E-state index contributed by atoms with van der Waals surface area (Å²) in [5, 5.41) is 10.6. The van der Waals surface area contributed by atoms with E-state index < -0.39 is 97.5 Å². The number of phosphoric acid groups is 2. The molecule has 19 heteroatoms. The Bertz CT molecular complexity index is 1820. The molecule has 0 aromatic rings. The van der Waals surface area contributed by atoms with Gasteiger partial charge in [0.2, 0.25) is 0 Å². The lowest BCUT2D eigenvalue weighted by Gasteiger charge is -2.21. The normalized spacial score (nSPS) is 14.8. The highest BCUT2D eigenvalue weighted by atomic mass is 31.2. The molecule has 0 saturated carbocycles. The summed E-state index contributed by atoms with van der Waals surface area (Å²) in [7, 11) is -9.90. The molecule has 0 heterocycles. The van der Waals surface area contributed by atoms with Gasteiger partial charge in [-0.15, -0.1) is 0 Å². The van der Waals surface area contributed by atoms with Crippen molar-refractivity contribution in [3.8, 4) is 0 Å². The van der Waals surface area contributed by atoms with Crippen LogP contribution in [-0.4, -0.2) is 96.7 Å². The second-order valence-electron chi connectivity index (χ2n) is 27.8. The molecule has 0 fully saturated rings. The SMILES string of the molecule is CCC(C)CCCCCCCCCCCCCCCCCCCCC(=O)O[C@H](COC(=O)CCCCCCCCC(C)CC)COP(=O)(O)OC[C@@H](O)COP(=O)(O)OC[C@@H](COC(=O)CCCCCCCCC(C)C)OC(=O)CCCCCCCCCCC(C)C. The van der Waals surface area contributed by atoms with Crippen LogP contribution in [0, 0.1) is 23.7 Å². The van der Waals surface area contributed by atoms with Crippen molar-refractivity contribution in [3.63, 3.8) is 0 Å². The molecule has 0 aromatic carbocycles. The van der Waals surface area contributed by atoms with Gasteiger partial charge in [-0.25, -0.2) is 9.13 Å². The number of hydrogen-bond acceptors (Lipinski definition) is 15. The molecular weight excluding hydrogens is 1210 g/mol. The van der Waals surface area contributed by atoms with E-state index in [1.54, 1.807) is 0 Å². The van der Waals surface area contributed by atoms with Gasteiger partial charge in [0.25, 0.3) is 0 Å². The zero-order valence-corrected chi connectivity index (χ0v) is 62.0. The molecule has 0 bridgehead atoms. The zero-order chi connectivity index (χ0) is 68.2. The second-order valence-corrected chi connectivity index (χ2v) is 30.7. The summed E-state index contributed by atoms with van der Waals surface area (Å²) < 4.78 is 68.3. The van der Waals surface area contributed by atoms with Crippen molar-refractivity contribution in [1.29, 1.82) is 0 Å². The van der Waals surface area contributed by atoms with Crippen LogP contribution < -0.4 is 0 Å². The van der Waals surface area contributed by atoms with E-state index in [4.69, 9.17) is 37.0 Å². The molecule has 0 saturated heterocycles. The molecule has 92 heavy (non-hydrogen) atoms. The molecule has 0 aliphatic heterocycles. The molecule has 4 unspecified atom stereocenters. The van der Waals surface area contributed by atoms with Crippen LogP contribution in [0.4, 0.5) is 0 Å². The lowest BCUT2D eigenvalue weighted by atomic mass is 9.99. The molecule has 17 nitrogen and oxygen atoms in total. The minimum Gasteiger partial charge on any atom is -0.462 e. The second kappa shape index (κ2) is 62.6. The largest absolute Gasteiger partial charge is 0.472 e. The van der Waals surface area contributed by atoms with E-state index in [9.17, 15) is 43.2 Å². The summed E-state index contributed by atoms with van der Waals surface area (Å²) in [4.78, 5) is 72.5. The van der Waals surface area contributed by atoms with Gasteiger partial charge in [0, 0.05) is 25.7 Å². The highest BCUT2D eigenvalue weighted by molar-refractivity contribution is 7.47. The first-order chi connectivity index (χ1) is 44.2. The molecule has 0 rings (SSSR count). The molecule has 0 aliphatic rings. The third-order valence-corrected chi connectivity index (χ3v) is 19.4. The summed E-state index contributed by atoms with van der Waals surface area (Å²) in [6, 6.07) is 0. The van der Waals surface area contributed by atoms with E-state index in [-0.39, 0.29) is 25.7 Å². The van der Waals surface area contributed by atoms with Crippen LogP contribution in [0.15, 0.2) is 0 Å². The van der Waals surface area contributed by atoms with E-state index in [1.807, 2.05) is 0 Å². The van der Waals surface area contributed by atoms with Crippen molar-refractivity contribution in [2.24, 2.45) is 23.7 Å². The average Bonchev–Trinajstić information content (AvgIpc) is 1.73. The van der Waals surface area contributed by atoms with Gasteiger partial charge in [0.15, 0.2) is 12.2 Å². The minimum atomic E-state index is -4.95. The first-order valence-corrected chi connectivity index (χ1v) is 40.8. The van der Waals surface area contributed by atoms with Crippen molar-refractivity contribution in [2.45, 2.75) is 382 Å². The van der Waals surface area contributed by atoms with Gasteiger partial charge in [-0.1, -0.05) is 312 Å². The predicted octanol–water partition coefficient (Wildman–Crippen LogP) is 20.9. The zero-order valence-electron chi connectivity index (χ0n) is 60.2. The Labute approximate surface area is 562 Å². The number of carbonyl (C=O) groups excluding carboxylic acids is 4. The lowest BCUT2D eigenvalue weighted by molar-refractivity contribution is -0.161. The number of ether oxygens (including phenoxy) is 4. The van der Waals surface area contributed by atoms with Crippen LogP contribution in [0.2, 0.25) is 0 Å². The molecule has 0 spiro atoms. The van der Waals surface area contributed by atoms with Crippen molar-refractivity contribution in [1.82, 2.24) is 0 Å². The van der Waals surface area contributed by atoms with Crippen LogP contribution in [0.5, 0.6) is 0 Å². The van der Waals surface area contributed by atoms with Crippen LogP contribution in [0.1, 0.15) is 364 Å². The number of aliphatic hydroxyl groups is 1. The highest BCUT2D eigenvalue weighted by Crippen LogP contribution is 2.45. The molecule has 0 amide bonds. The maximum atomic E-state index is 13.0. The van der Waals surface area contributed by atoms with Crippen molar-refractivity contribution >= 4 is 39.5 Å². The molecule has 0 aromatic heterocycles. The van der Waals surface area contributed by atoms with Crippen molar-refractivity contribution in [3.05, 3.63) is 0 Å². The topological polar surface area (TPSA) is 237 Å². The molecule has 546 valence electrons. The maximum absolute atomic E-state index is 13.0. The molecule has 0 radical (unpaired) electrons. The Morgan fingerprint density at radius 3 is 0.772 bits per heavy atom. The Morgan fingerprint density at radius 2 is 0.522 bits per heavy atom. The van der Waals surface area contributed by atoms with Gasteiger partial charge < -0.3 is 33.8 Å². The molecule has 0 aliphatic carbocycles. The number of rotatable bonds is 70. The van der Waals surface area contributed by atoms with Crippen LogP contribution in [-0.2, 0) is 65.4 Å². The fourth-order valence-corrected chi connectivity index (χ4v) is 12.5. The average molecular weight is 1350 g/mol. The lowest BCUT2D eigenvalue weighted by Crippen LogP contribution is -2.30. The standard InChI is InChI=1S/C73H142O17P2/c1-9-65(7)51-43-35-26-21-19-17-15-13-11-12-14-16-18-20-22-27-39-47-55-72(77)89-69(60-84-71(76)54-46-38-32-30-36-44-52-66(8)10-2)62-88-92(81,82)86-58-67(74)57-85-91(79,80)87-61-68(59-83-70(75)53-45-37-31-29-34-42-50-64(5)6)90-73(78)56-48-40-28-24-23-25-33-41-49-63(3)4/h63-69,74H,9-62H2,1-8H3,(H,79,80)(H,81,82)/t65?,66?,67-,68+,69+/m0/s1. The van der Waals surface area contributed by atoms with Crippen molar-refractivity contribution in [2.75, 3.05) is 39.6 Å². The van der Waals surface area contributed by atoms with Crippen LogP contribution in [0.3, 0.4) is 0 Å². The fourth-order valence-electron chi connectivity index (χ4n) is 11.0. The van der Waals surface area contributed by atoms with Gasteiger partial charge >= 0.3 is 39.5 Å². The van der Waals surface area contributed by atoms with Crippen LogP contribution >= 0.6 is 15.6 Å². The van der Waals surface area contributed by atoms with Crippen LogP contribution in [0.25, 0.3) is 0 Å². The smallest absolute Gasteiger partial charge is 0.462 e. The maximum Gasteiger partial charge on any atom is 0.472 e. The number of unbranched alkanes of at least 4 members (excludes halogenated alkanes) is 34. The number of phosphoric ester groups is 2. The molecule has 7 atom stereocenters. The fraction of sp³-hybridized carbons (Fsp3) is 0.945.